The monoisotopic (exact) mass is 510 g/mol. The zero-order chi connectivity index (χ0) is 26.2. The van der Waals surface area contributed by atoms with Gasteiger partial charge in [-0.3, -0.25) is 14.8 Å². The van der Waals surface area contributed by atoms with Gasteiger partial charge in [0.1, 0.15) is 24.2 Å². The van der Waals surface area contributed by atoms with Gasteiger partial charge >= 0.3 is 6.18 Å². The number of fused-ring (bicyclic) bond motifs is 1. The van der Waals surface area contributed by atoms with Crippen LogP contribution in [0.2, 0.25) is 0 Å². The third-order valence-corrected chi connectivity index (χ3v) is 7.00. The molecule has 9 nitrogen and oxygen atoms in total. The number of likely N-dealkylation sites (tertiary alicyclic amines) is 1. The Hall–Kier alpha value is -2.86. The van der Waals surface area contributed by atoms with Crippen molar-refractivity contribution in [2.24, 2.45) is 4.99 Å². The van der Waals surface area contributed by atoms with Gasteiger partial charge in [0.05, 0.1) is 17.7 Å². The maximum Gasteiger partial charge on any atom is 0.416 e. The molecule has 198 valence electrons. The zero-order valence-corrected chi connectivity index (χ0v) is 20.5. The van der Waals surface area contributed by atoms with Crippen molar-refractivity contribution in [1.29, 1.82) is 0 Å². The molecular formula is C24H33F3N6O3. The highest BCUT2D eigenvalue weighted by Gasteiger charge is 2.43. The van der Waals surface area contributed by atoms with Crippen LogP contribution in [0.25, 0.3) is 0 Å². The van der Waals surface area contributed by atoms with E-state index >= 15 is 0 Å². The van der Waals surface area contributed by atoms with Crippen molar-refractivity contribution in [2.45, 2.75) is 88.9 Å². The average molecular weight is 511 g/mol. The first-order chi connectivity index (χ1) is 16.9. The maximum atomic E-state index is 13.4. The Bertz CT molecular complexity index is 1010. The van der Waals surface area contributed by atoms with Gasteiger partial charge in [0.15, 0.2) is 0 Å². The van der Waals surface area contributed by atoms with Crippen molar-refractivity contribution < 1.29 is 28.0 Å². The third kappa shape index (κ3) is 5.59. The van der Waals surface area contributed by atoms with E-state index in [-0.39, 0.29) is 41.3 Å². The van der Waals surface area contributed by atoms with Gasteiger partial charge in [-0.15, -0.1) is 0 Å². The van der Waals surface area contributed by atoms with Gasteiger partial charge < -0.3 is 20.9 Å². The van der Waals surface area contributed by atoms with E-state index in [0.717, 1.165) is 36.4 Å². The van der Waals surface area contributed by atoms with E-state index in [1.54, 1.807) is 4.90 Å². The Kier molecular flexibility index (Phi) is 7.46. The standard InChI is InChI=1S/C24H33F3N6O3/c1-13(2)29-16-5-7-21(19(11-16)30-14(3)34)32-9-8-18(23(32)35)31-22-17-10-15(24(25,26)27)4-6-20(17)33(36)12-28-22/h4,6,10,12-13,16,18-21,29,31,36H,5,7-9,11H2,1-3H3,(H,30,34). The summed E-state index contributed by atoms with van der Waals surface area (Å²) in [6, 6.07) is -1.33. The minimum Gasteiger partial charge on any atom is -0.358 e. The number of hydroxylamine groups is 2. The quantitative estimate of drug-likeness (QED) is 0.435. The smallest absolute Gasteiger partial charge is 0.358 e. The van der Waals surface area contributed by atoms with E-state index in [2.05, 4.69) is 34.8 Å². The van der Waals surface area contributed by atoms with E-state index in [1.165, 1.54) is 13.0 Å². The number of carbonyl (C=O) groups excluding carboxylic acids is 2. The Morgan fingerprint density at radius 1 is 1.25 bits per heavy atom. The molecule has 12 heteroatoms. The fourth-order valence-electron chi connectivity index (χ4n) is 5.50. The van der Waals surface area contributed by atoms with Gasteiger partial charge in [-0.05, 0) is 31.8 Å². The molecule has 2 aliphatic heterocycles. The lowest BCUT2D eigenvalue weighted by molar-refractivity contribution is -0.133. The van der Waals surface area contributed by atoms with E-state index in [4.69, 9.17) is 0 Å². The summed E-state index contributed by atoms with van der Waals surface area (Å²) in [7, 11) is 0. The number of alkyl halides is 3. The molecule has 36 heavy (non-hydrogen) atoms. The molecule has 2 amide bonds. The van der Waals surface area contributed by atoms with Crippen molar-refractivity contribution in [3.8, 4) is 0 Å². The highest BCUT2D eigenvalue weighted by Crippen LogP contribution is 2.35. The van der Waals surface area contributed by atoms with Crippen LogP contribution < -0.4 is 16.0 Å². The summed E-state index contributed by atoms with van der Waals surface area (Å²) in [6.07, 6.45) is 2.41. The molecule has 4 aliphatic rings. The van der Waals surface area contributed by atoms with Crippen molar-refractivity contribution in [3.05, 3.63) is 35.2 Å². The predicted octanol–water partition coefficient (Wildman–Crippen LogP) is 1.97. The highest BCUT2D eigenvalue weighted by molar-refractivity contribution is 5.85. The van der Waals surface area contributed by atoms with E-state index in [1.807, 2.05) is 0 Å². The number of aliphatic imine (C=N–C) groups is 1. The number of carbonyl (C=O) groups is 2. The largest absolute Gasteiger partial charge is 0.416 e. The number of allylic oxidation sites excluding steroid dienone is 2. The number of hydrogen-bond acceptors (Lipinski definition) is 7. The van der Waals surface area contributed by atoms with Gasteiger partial charge in [-0.25, -0.2) is 10.1 Å². The Morgan fingerprint density at radius 3 is 2.67 bits per heavy atom. The summed E-state index contributed by atoms with van der Waals surface area (Å²) < 4.78 is 39.9. The molecule has 0 radical (unpaired) electrons. The Labute approximate surface area is 208 Å². The lowest BCUT2D eigenvalue weighted by Crippen LogP contribution is -2.58. The predicted molar refractivity (Wildman–Crippen MR) is 127 cm³/mol. The molecular weight excluding hydrogens is 477 g/mol. The molecule has 0 bridgehead atoms. The summed E-state index contributed by atoms with van der Waals surface area (Å²) in [5, 5.41) is 20.3. The first-order valence-corrected chi connectivity index (χ1v) is 12.3. The normalized spacial score (nSPS) is 30.6. The first-order valence-electron chi connectivity index (χ1n) is 12.3. The van der Waals surface area contributed by atoms with Crippen molar-refractivity contribution in [1.82, 2.24) is 25.9 Å². The van der Waals surface area contributed by atoms with E-state index in [9.17, 15) is 28.0 Å². The molecule has 5 unspecified atom stereocenters. The fourth-order valence-corrected chi connectivity index (χ4v) is 5.50. The van der Waals surface area contributed by atoms with Crippen LogP contribution in [0, 0.1) is 0 Å². The zero-order valence-electron chi connectivity index (χ0n) is 20.5. The molecule has 0 aromatic carbocycles. The Balaban J connectivity index is 1.51. The molecule has 1 saturated heterocycles. The molecule has 2 fully saturated rings. The molecule has 1 saturated carbocycles. The van der Waals surface area contributed by atoms with Gasteiger partial charge in [0.25, 0.3) is 0 Å². The fraction of sp³-hybridized carbons (Fsp3) is 0.625. The van der Waals surface area contributed by atoms with Crippen LogP contribution in [-0.4, -0.2) is 82.3 Å². The van der Waals surface area contributed by atoms with Gasteiger partial charge in [0, 0.05) is 31.1 Å². The minimum atomic E-state index is -4.55. The van der Waals surface area contributed by atoms with Crippen LogP contribution in [-0.2, 0) is 9.59 Å². The third-order valence-electron chi connectivity index (χ3n) is 7.00. The minimum absolute atomic E-state index is 0.125. The molecule has 2 heterocycles. The van der Waals surface area contributed by atoms with Crippen molar-refractivity contribution in [2.75, 3.05) is 6.54 Å². The van der Waals surface area contributed by atoms with Gasteiger partial charge in [0.2, 0.25) is 11.8 Å². The number of rotatable bonds is 6. The molecule has 4 rings (SSSR count). The van der Waals surface area contributed by atoms with Crippen LogP contribution in [0.1, 0.15) is 46.5 Å². The number of nitrogens with one attached hydrogen (secondary N) is 3. The molecule has 4 N–H and O–H groups in total. The lowest BCUT2D eigenvalue weighted by atomic mass is 9.85. The number of halogens is 3. The highest BCUT2D eigenvalue weighted by atomic mass is 19.4. The second-order valence-electron chi connectivity index (χ2n) is 10.1. The van der Waals surface area contributed by atoms with Gasteiger partial charge in [-0.2, -0.15) is 13.2 Å². The second kappa shape index (κ2) is 10.3. The molecule has 5 atom stereocenters. The summed E-state index contributed by atoms with van der Waals surface area (Å²) in [6.45, 7) is 6.06. The van der Waals surface area contributed by atoms with Crippen molar-refractivity contribution in [3.63, 3.8) is 0 Å². The van der Waals surface area contributed by atoms with Crippen LogP contribution in [0.4, 0.5) is 13.2 Å². The molecule has 0 aromatic heterocycles. The van der Waals surface area contributed by atoms with Crippen LogP contribution >= 0.6 is 0 Å². The molecule has 0 aromatic rings. The SMILES string of the molecule is CC(=O)NC1CC(NC(C)C)CCC1N1CCC(NC2=C3C=C(C(F)(F)F)C=CC3N(O)C=N2)C1=O. The second-order valence-corrected chi connectivity index (χ2v) is 10.1. The number of nitrogens with zero attached hydrogens (tertiary/aromatic N) is 3. The van der Waals surface area contributed by atoms with E-state index < -0.39 is 23.8 Å². The first kappa shape index (κ1) is 26.2. The molecule has 2 aliphatic carbocycles. The number of amides is 2. The Morgan fingerprint density at radius 2 is 2.00 bits per heavy atom. The summed E-state index contributed by atoms with van der Waals surface area (Å²) in [4.78, 5) is 31.1. The summed E-state index contributed by atoms with van der Waals surface area (Å²) in [5.74, 6) is -0.208. The van der Waals surface area contributed by atoms with Crippen LogP contribution in [0.15, 0.2) is 40.2 Å². The van der Waals surface area contributed by atoms with Crippen LogP contribution in [0.5, 0.6) is 0 Å². The summed E-state index contributed by atoms with van der Waals surface area (Å²) >= 11 is 0. The number of hydrogen-bond donors (Lipinski definition) is 4. The van der Waals surface area contributed by atoms with Crippen LogP contribution in [0.3, 0.4) is 0 Å². The van der Waals surface area contributed by atoms with Crippen molar-refractivity contribution >= 4 is 18.2 Å². The average Bonchev–Trinajstić information content (AvgIpc) is 3.14. The molecule has 0 spiro atoms. The lowest BCUT2D eigenvalue weighted by Gasteiger charge is -2.42. The maximum absolute atomic E-state index is 13.4. The van der Waals surface area contributed by atoms with E-state index in [0.29, 0.717) is 25.4 Å². The summed E-state index contributed by atoms with van der Waals surface area (Å²) in [5.41, 5.74) is -0.722. The topological polar surface area (TPSA) is 109 Å². The van der Waals surface area contributed by atoms with Gasteiger partial charge in [-0.1, -0.05) is 26.0 Å².